The molecule has 0 unspecified atom stereocenters. The van der Waals surface area contributed by atoms with Gasteiger partial charge in [0.15, 0.2) is 0 Å². The van der Waals surface area contributed by atoms with E-state index in [1.807, 2.05) is 0 Å². The smallest absolute Gasteiger partial charge is 0.0553 e. The number of fused-ring (bicyclic) bond motifs is 2. The van der Waals surface area contributed by atoms with Crippen molar-refractivity contribution in [2.24, 2.45) is 0 Å². The Kier molecular flexibility index (Phi) is 10.6. The highest BCUT2D eigenvalue weighted by Gasteiger charge is 2.25. The third-order valence-electron chi connectivity index (χ3n) is 18.0. The van der Waals surface area contributed by atoms with Gasteiger partial charge in [-0.05, 0) is 224 Å². The van der Waals surface area contributed by atoms with E-state index in [9.17, 15) is 0 Å². The Morgan fingerprint density at radius 2 is 0.583 bits per heavy atom. The molecule has 394 valence electrons. The first-order valence-corrected chi connectivity index (χ1v) is 29.4. The number of hydrogen-bond acceptors (Lipinski definition) is 0. The van der Waals surface area contributed by atoms with E-state index in [-0.39, 0.29) is 5.41 Å². The van der Waals surface area contributed by atoms with E-state index in [1.54, 1.807) is 0 Å². The fourth-order valence-electron chi connectivity index (χ4n) is 14.2. The summed E-state index contributed by atoms with van der Waals surface area (Å²) >= 11 is 0. The molecule has 2 aromatic heterocycles. The van der Waals surface area contributed by atoms with Gasteiger partial charge in [-0.3, -0.25) is 0 Å². The third-order valence-corrected chi connectivity index (χ3v) is 18.0. The van der Waals surface area contributed by atoms with Crippen LogP contribution in [0, 0.1) is 0 Å². The molecular formula is C82H56N2. The van der Waals surface area contributed by atoms with Crippen molar-refractivity contribution in [3.8, 4) is 78.1 Å². The predicted octanol–water partition coefficient (Wildman–Crippen LogP) is 22.7. The molecule has 0 saturated heterocycles. The average molecular weight is 1070 g/mol. The van der Waals surface area contributed by atoms with Gasteiger partial charge < -0.3 is 9.13 Å². The maximum atomic E-state index is 2.51. The van der Waals surface area contributed by atoms with Gasteiger partial charge in [0.05, 0.1) is 22.1 Å². The van der Waals surface area contributed by atoms with Crippen molar-refractivity contribution in [1.82, 2.24) is 9.13 Å². The van der Waals surface area contributed by atoms with E-state index < -0.39 is 0 Å². The lowest BCUT2D eigenvalue weighted by Gasteiger charge is -2.24. The molecule has 0 amide bonds. The molecule has 2 heterocycles. The molecule has 0 radical (unpaired) electrons. The molecule has 0 spiro atoms. The second-order valence-corrected chi connectivity index (χ2v) is 24.0. The van der Waals surface area contributed by atoms with Crippen molar-refractivity contribution in [1.29, 1.82) is 0 Å². The summed E-state index contributed by atoms with van der Waals surface area (Å²) < 4.78 is 4.95. The molecule has 0 bridgehead atoms. The summed E-state index contributed by atoms with van der Waals surface area (Å²) in [5.41, 5.74) is 22.6. The molecule has 15 aromatic carbocycles. The van der Waals surface area contributed by atoms with Crippen molar-refractivity contribution in [2.75, 3.05) is 0 Å². The molecule has 0 saturated carbocycles. The van der Waals surface area contributed by atoms with Crippen LogP contribution in [0.15, 0.2) is 285 Å². The summed E-state index contributed by atoms with van der Waals surface area (Å²) in [6, 6.07) is 107. The van der Waals surface area contributed by atoms with Gasteiger partial charge in [0.2, 0.25) is 0 Å². The molecule has 0 atom stereocenters. The Labute approximate surface area is 488 Å². The monoisotopic (exact) mass is 1070 g/mol. The zero-order valence-corrected chi connectivity index (χ0v) is 47.0. The molecule has 0 aliphatic carbocycles. The number of benzene rings is 15. The minimum Gasteiger partial charge on any atom is -0.309 e. The molecule has 2 heteroatoms. The largest absolute Gasteiger partial charge is 0.309 e. The first kappa shape index (κ1) is 48.2. The molecule has 0 N–H and O–H groups in total. The molecule has 17 rings (SSSR count). The summed E-state index contributed by atoms with van der Waals surface area (Å²) in [6.07, 6.45) is 0. The molecule has 84 heavy (non-hydrogen) atoms. The summed E-state index contributed by atoms with van der Waals surface area (Å²) in [4.78, 5) is 0. The number of aromatic nitrogens is 2. The Bertz CT molecular complexity index is 5160. The lowest BCUT2D eigenvalue weighted by molar-refractivity contribution is 0.591. The fourth-order valence-corrected chi connectivity index (χ4v) is 14.2. The molecular weight excluding hydrogens is 1010 g/mol. The van der Waals surface area contributed by atoms with E-state index >= 15 is 0 Å². The van der Waals surface area contributed by atoms with Gasteiger partial charge in [0.1, 0.15) is 0 Å². The van der Waals surface area contributed by atoms with Crippen LogP contribution in [0.1, 0.15) is 26.3 Å². The highest BCUT2D eigenvalue weighted by Crippen LogP contribution is 2.50. The highest BCUT2D eigenvalue weighted by atomic mass is 15.0. The Morgan fingerprint density at radius 3 is 1.04 bits per heavy atom. The predicted molar refractivity (Wildman–Crippen MR) is 359 cm³/mol. The molecule has 2 nitrogen and oxygen atoms in total. The molecule has 17 aromatic rings. The minimum absolute atomic E-state index is 0.0991. The minimum atomic E-state index is -0.0991. The van der Waals surface area contributed by atoms with Crippen LogP contribution in [0.25, 0.3) is 165 Å². The fraction of sp³-hybridized carbons (Fsp3) is 0.0488. The van der Waals surface area contributed by atoms with Gasteiger partial charge in [-0.2, -0.15) is 0 Å². The van der Waals surface area contributed by atoms with Crippen LogP contribution in [0.4, 0.5) is 0 Å². The second-order valence-electron chi connectivity index (χ2n) is 24.0. The van der Waals surface area contributed by atoms with Crippen molar-refractivity contribution < 1.29 is 0 Å². The summed E-state index contributed by atoms with van der Waals surface area (Å²) in [7, 11) is 0. The maximum Gasteiger partial charge on any atom is 0.0553 e. The van der Waals surface area contributed by atoms with Gasteiger partial charge in [0.25, 0.3) is 0 Å². The Balaban J connectivity index is 0.984. The zero-order valence-electron chi connectivity index (χ0n) is 47.0. The standard InChI is InChI=1S/C82H56N2/c1-82(2,3)65-38-39-70-71(50-65)77(64-44-57(51-20-8-4-9-21-51)42-58(45-64)52-22-10-5-11-23-52)69-31-17-16-30-68(69)76(70)63-46-59(61-40-55-36-34-53-24-18-32-72-78(53)80(55)74(48-61)83(72)66-26-12-6-13-27-66)43-60(47-63)62-41-56-37-35-54-25-19-33-73-79(54)81(56)75(49-62)84(73)67-28-14-7-15-29-67/h4-50H,1-3H3. The van der Waals surface area contributed by atoms with Gasteiger partial charge in [-0.15, -0.1) is 0 Å². The van der Waals surface area contributed by atoms with E-state index in [1.165, 1.54) is 148 Å². The van der Waals surface area contributed by atoms with Crippen LogP contribution >= 0.6 is 0 Å². The van der Waals surface area contributed by atoms with Crippen LogP contribution < -0.4 is 0 Å². The van der Waals surface area contributed by atoms with Crippen LogP contribution in [-0.4, -0.2) is 9.13 Å². The maximum absolute atomic E-state index is 2.51. The first-order chi connectivity index (χ1) is 41.3. The van der Waals surface area contributed by atoms with Crippen molar-refractivity contribution in [3.63, 3.8) is 0 Å². The lowest BCUT2D eigenvalue weighted by Crippen LogP contribution is -2.10. The number of para-hydroxylation sites is 2. The summed E-state index contributed by atoms with van der Waals surface area (Å²) in [5.74, 6) is 0. The lowest BCUT2D eigenvalue weighted by atomic mass is 9.80. The average Bonchev–Trinajstić information content (AvgIpc) is 3.13. The van der Waals surface area contributed by atoms with Gasteiger partial charge >= 0.3 is 0 Å². The van der Waals surface area contributed by atoms with E-state index in [0.717, 1.165) is 22.5 Å². The van der Waals surface area contributed by atoms with E-state index in [0.29, 0.717) is 0 Å². The number of hydrogen-bond donors (Lipinski definition) is 0. The second kappa shape index (κ2) is 18.5. The number of rotatable bonds is 8. The van der Waals surface area contributed by atoms with Crippen LogP contribution in [-0.2, 0) is 5.41 Å². The van der Waals surface area contributed by atoms with Crippen molar-refractivity contribution in [3.05, 3.63) is 291 Å². The molecule has 0 aliphatic rings. The van der Waals surface area contributed by atoms with Crippen LogP contribution in [0.5, 0.6) is 0 Å². The van der Waals surface area contributed by atoms with Gasteiger partial charge in [-0.1, -0.05) is 203 Å². The van der Waals surface area contributed by atoms with E-state index in [4.69, 9.17) is 0 Å². The van der Waals surface area contributed by atoms with Gasteiger partial charge in [-0.25, -0.2) is 0 Å². The summed E-state index contributed by atoms with van der Waals surface area (Å²) in [6.45, 7) is 7.01. The Hall–Kier alpha value is -10.5. The van der Waals surface area contributed by atoms with E-state index in [2.05, 4.69) is 315 Å². The highest BCUT2D eigenvalue weighted by molar-refractivity contribution is 6.27. The van der Waals surface area contributed by atoms with Crippen LogP contribution in [0.2, 0.25) is 0 Å². The SMILES string of the molecule is CC(C)(C)c1ccc2c(-c3cc(-c4cc5ccc6cccc7c6c5c(c4)n7-c4ccccc4)cc(-c4cc5ccc6cccc7c6c5c(c4)n7-c4ccccc4)c3)c3ccccc3c(-c3cc(-c4ccccc4)cc(-c4ccccc4)c3)c2c1. The third kappa shape index (κ3) is 7.50. The molecule has 0 aliphatic heterocycles. The number of nitrogens with zero attached hydrogens (tertiary/aromatic N) is 2. The molecule has 0 fully saturated rings. The first-order valence-electron chi connectivity index (χ1n) is 29.4. The summed E-state index contributed by atoms with van der Waals surface area (Å²) in [5, 5.41) is 15.1. The van der Waals surface area contributed by atoms with Gasteiger partial charge in [0, 0.05) is 32.9 Å². The Morgan fingerprint density at radius 1 is 0.226 bits per heavy atom. The topological polar surface area (TPSA) is 9.86 Å². The zero-order chi connectivity index (χ0) is 55.8. The van der Waals surface area contributed by atoms with Crippen molar-refractivity contribution >= 4 is 86.7 Å². The quantitative estimate of drug-likeness (QED) is 0.106. The van der Waals surface area contributed by atoms with Crippen molar-refractivity contribution in [2.45, 2.75) is 26.2 Å². The van der Waals surface area contributed by atoms with Crippen LogP contribution in [0.3, 0.4) is 0 Å². The normalized spacial score (nSPS) is 12.2.